The third-order valence-electron chi connectivity index (χ3n) is 2.48. The molecule has 20 heavy (non-hydrogen) atoms. The molecule has 0 bridgehead atoms. The molecule has 2 rings (SSSR count). The van der Waals surface area contributed by atoms with E-state index in [4.69, 9.17) is 0 Å². The number of hydrogen-bond donors (Lipinski definition) is 0. The van der Waals surface area contributed by atoms with E-state index in [0.29, 0.717) is 0 Å². The summed E-state index contributed by atoms with van der Waals surface area (Å²) >= 11 is 0. The smallest absolute Gasteiger partial charge is 0.178 e. The molecule has 0 aromatic heterocycles. The minimum absolute atomic E-state index is 0. The standard InChI is InChI=1S/C17H14O.2ClH/c18-17(13-11-15-7-3-1-4-8-15)14-12-16-9-5-2-6-10-16;;/h1-14H;2*1H. The van der Waals surface area contributed by atoms with Gasteiger partial charge in [0.15, 0.2) is 5.78 Å². The highest BCUT2D eigenvalue weighted by Gasteiger charge is 1.90. The normalized spacial score (nSPS) is 10.0. The molecule has 1 nitrogen and oxygen atoms in total. The van der Waals surface area contributed by atoms with Crippen LogP contribution in [0.25, 0.3) is 12.2 Å². The molecule has 104 valence electrons. The van der Waals surface area contributed by atoms with E-state index in [-0.39, 0.29) is 30.6 Å². The molecule has 0 saturated heterocycles. The van der Waals surface area contributed by atoms with E-state index in [9.17, 15) is 4.79 Å². The molecule has 2 aromatic rings. The van der Waals surface area contributed by atoms with Gasteiger partial charge in [-0.15, -0.1) is 24.8 Å². The van der Waals surface area contributed by atoms with Crippen LogP contribution in [0.2, 0.25) is 0 Å². The number of rotatable bonds is 4. The second-order valence-electron chi connectivity index (χ2n) is 3.89. The van der Waals surface area contributed by atoms with Gasteiger partial charge in [-0.2, -0.15) is 0 Å². The van der Waals surface area contributed by atoms with Gasteiger partial charge >= 0.3 is 0 Å². The Hall–Kier alpha value is -1.83. The molecule has 0 spiro atoms. The van der Waals surface area contributed by atoms with Crippen LogP contribution in [-0.4, -0.2) is 5.78 Å². The fourth-order valence-corrected chi connectivity index (χ4v) is 1.54. The topological polar surface area (TPSA) is 17.1 Å². The molecule has 0 amide bonds. The SMILES string of the molecule is Cl.Cl.O=C(C=Cc1ccccc1)C=Cc1ccccc1. The Morgan fingerprint density at radius 1 is 0.650 bits per heavy atom. The van der Waals surface area contributed by atoms with E-state index in [0.717, 1.165) is 11.1 Å². The highest BCUT2D eigenvalue weighted by Crippen LogP contribution is 2.03. The molecule has 0 heterocycles. The summed E-state index contributed by atoms with van der Waals surface area (Å²) in [7, 11) is 0. The minimum atomic E-state index is -0.0114. The first kappa shape index (κ1) is 18.2. The van der Waals surface area contributed by atoms with Crippen LogP contribution in [0, 0.1) is 0 Å². The lowest BCUT2D eigenvalue weighted by atomic mass is 10.1. The first-order chi connectivity index (χ1) is 8.84. The first-order valence-electron chi connectivity index (χ1n) is 5.85. The van der Waals surface area contributed by atoms with Crippen molar-refractivity contribution in [3.8, 4) is 0 Å². The van der Waals surface area contributed by atoms with Gasteiger partial charge in [0.25, 0.3) is 0 Å². The summed E-state index contributed by atoms with van der Waals surface area (Å²) in [5.74, 6) is -0.0114. The lowest BCUT2D eigenvalue weighted by molar-refractivity contribution is -0.110. The van der Waals surface area contributed by atoms with Gasteiger partial charge in [0.05, 0.1) is 0 Å². The highest BCUT2D eigenvalue weighted by molar-refractivity contribution is 6.04. The molecule has 0 saturated carbocycles. The third-order valence-corrected chi connectivity index (χ3v) is 2.48. The van der Waals surface area contributed by atoms with Gasteiger partial charge in [0.2, 0.25) is 0 Å². The second kappa shape index (κ2) is 10.0. The highest BCUT2D eigenvalue weighted by atomic mass is 35.5. The van der Waals surface area contributed by atoms with Crippen molar-refractivity contribution in [2.75, 3.05) is 0 Å². The van der Waals surface area contributed by atoms with Crippen LogP contribution in [0.1, 0.15) is 11.1 Å². The van der Waals surface area contributed by atoms with Crippen LogP contribution in [0.15, 0.2) is 72.8 Å². The molecular formula is C17H16Cl2O. The Balaban J connectivity index is 0.00000180. The van der Waals surface area contributed by atoms with E-state index < -0.39 is 0 Å². The first-order valence-corrected chi connectivity index (χ1v) is 5.85. The second-order valence-corrected chi connectivity index (χ2v) is 3.89. The van der Waals surface area contributed by atoms with E-state index in [1.54, 1.807) is 12.2 Å². The molecular weight excluding hydrogens is 291 g/mol. The largest absolute Gasteiger partial charge is 0.290 e. The summed E-state index contributed by atoms with van der Waals surface area (Å²) in [6.45, 7) is 0. The molecule has 2 aromatic carbocycles. The fraction of sp³-hybridized carbons (Fsp3) is 0. The number of hydrogen-bond acceptors (Lipinski definition) is 1. The minimum Gasteiger partial charge on any atom is -0.290 e. The maximum absolute atomic E-state index is 11.6. The van der Waals surface area contributed by atoms with E-state index in [2.05, 4.69) is 0 Å². The number of halogens is 2. The van der Waals surface area contributed by atoms with Crippen LogP contribution in [0.3, 0.4) is 0 Å². The van der Waals surface area contributed by atoms with E-state index in [1.165, 1.54) is 0 Å². The van der Waals surface area contributed by atoms with E-state index in [1.807, 2.05) is 72.8 Å². The number of carbonyl (C=O) groups is 1. The Morgan fingerprint density at radius 3 is 1.35 bits per heavy atom. The van der Waals surface area contributed by atoms with Crippen LogP contribution < -0.4 is 0 Å². The fourth-order valence-electron chi connectivity index (χ4n) is 1.54. The predicted octanol–water partition coefficient (Wildman–Crippen LogP) is 4.83. The summed E-state index contributed by atoms with van der Waals surface area (Å²) in [4.78, 5) is 11.6. The Bertz CT molecular complexity index is 509. The van der Waals surface area contributed by atoms with Crippen molar-refractivity contribution in [2.45, 2.75) is 0 Å². The number of benzene rings is 2. The molecule has 0 aliphatic rings. The molecule has 0 atom stereocenters. The van der Waals surface area contributed by atoms with Crippen molar-refractivity contribution in [1.82, 2.24) is 0 Å². The van der Waals surface area contributed by atoms with Gasteiger partial charge in [0.1, 0.15) is 0 Å². The van der Waals surface area contributed by atoms with Gasteiger partial charge < -0.3 is 0 Å². The van der Waals surface area contributed by atoms with Crippen LogP contribution in [0.5, 0.6) is 0 Å². The van der Waals surface area contributed by atoms with Crippen molar-refractivity contribution in [2.24, 2.45) is 0 Å². The van der Waals surface area contributed by atoms with Gasteiger partial charge in [-0.25, -0.2) is 0 Å². The summed E-state index contributed by atoms with van der Waals surface area (Å²) in [5, 5.41) is 0. The van der Waals surface area contributed by atoms with Crippen molar-refractivity contribution >= 4 is 42.7 Å². The molecule has 0 aliphatic heterocycles. The molecule has 0 aliphatic carbocycles. The van der Waals surface area contributed by atoms with Crippen molar-refractivity contribution < 1.29 is 4.79 Å². The lowest BCUT2D eigenvalue weighted by Crippen LogP contribution is -1.84. The zero-order valence-corrected chi connectivity index (χ0v) is 12.4. The monoisotopic (exact) mass is 306 g/mol. The number of ketones is 1. The van der Waals surface area contributed by atoms with Crippen molar-refractivity contribution in [3.63, 3.8) is 0 Å². The average Bonchev–Trinajstić information content (AvgIpc) is 2.45. The van der Waals surface area contributed by atoms with Crippen molar-refractivity contribution in [1.29, 1.82) is 0 Å². The average molecular weight is 307 g/mol. The van der Waals surface area contributed by atoms with Crippen LogP contribution in [-0.2, 0) is 4.79 Å². The third kappa shape index (κ3) is 6.37. The van der Waals surface area contributed by atoms with E-state index >= 15 is 0 Å². The summed E-state index contributed by atoms with van der Waals surface area (Å²) in [6, 6.07) is 19.6. The molecule has 0 radical (unpaired) electrons. The Kier molecular flexibility index (Phi) is 9.10. The summed E-state index contributed by atoms with van der Waals surface area (Å²) < 4.78 is 0. The maximum atomic E-state index is 11.6. The maximum Gasteiger partial charge on any atom is 0.178 e. The van der Waals surface area contributed by atoms with Crippen LogP contribution in [0.4, 0.5) is 0 Å². The Morgan fingerprint density at radius 2 is 1.00 bits per heavy atom. The van der Waals surface area contributed by atoms with Gasteiger partial charge in [-0.1, -0.05) is 72.8 Å². The van der Waals surface area contributed by atoms with Gasteiger partial charge in [0, 0.05) is 0 Å². The number of allylic oxidation sites excluding steroid dienone is 2. The van der Waals surface area contributed by atoms with Gasteiger partial charge in [-0.3, -0.25) is 4.79 Å². The molecule has 3 heteroatoms. The molecule has 0 N–H and O–H groups in total. The number of carbonyl (C=O) groups excluding carboxylic acids is 1. The summed E-state index contributed by atoms with van der Waals surface area (Å²) in [5.41, 5.74) is 2.05. The molecule has 0 fully saturated rings. The molecule has 0 unspecified atom stereocenters. The van der Waals surface area contributed by atoms with Crippen molar-refractivity contribution in [3.05, 3.63) is 83.9 Å². The Labute approximate surface area is 131 Å². The zero-order chi connectivity index (χ0) is 12.6. The van der Waals surface area contributed by atoms with Crippen LogP contribution >= 0.6 is 24.8 Å². The van der Waals surface area contributed by atoms with Gasteiger partial charge in [-0.05, 0) is 23.3 Å². The quantitative estimate of drug-likeness (QED) is 0.740. The lowest BCUT2D eigenvalue weighted by Gasteiger charge is -1.91. The predicted molar refractivity (Wildman–Crippen MR) is 90.5 cm³/mol. The zero-order valence-electron chi connectivity index (χ0n) is 10.8. The summed E-state index contributed by atoms with van der Waals surface area (Å²) in [6.07, 6.45) is 6.79.